The fourth-order valence-corrected chi connectivity index (χ4v) is 5.18. The molecule has 4 aliphatic heterocycles. The van der Waals surface area contributed by atoms with Crippen molar-refractivity contribution in [1.82, 2.24) is 20.0 Å². The molecule has 0 aromatic carbocycles. The summed E-state index contributed by atoms with van der Waals surface area (Å²) < 4.78 is 62.5. The van der Waals surface area contributed by atoms with Crippen LogP contribution in [0.5, 0.6) is 0 Å². The maximum absolute atomic E-state index is 11.4. The molecule has 25 nitrogen and oxygen atoms in total. The molecule has 4 heterocycles. The lowest BCUT2D eigenvalue weighted by Gasteiger charge is -2.19. The second kappa shape index (κ2) is 41.3. The topological polar surface area (TPSA) is 348 Å². The summed E-state index contributed by atoms with van der Waals surface area (Å²) in [6.07, 6.45) is 7.82. The Kier molecular flexibility index (Phi) is 39.9. The summed E-state index contributed by atoms with van der Waals surface area (Å²) in [5.74, 6) is -5.50. The van der Waals surface area contributed by atoms with Gasteiger partial charge in [-0.3, -0.25) is 68.0 Å². The van der Waals surface area contributed by atoms with Gasteiger partial charge in [-0.05, 0) is 67.7 Å². The van der Waals surface area contributed by atoms with E-state index in [-0.39, 0.29) is 98.7 Å². The lowest BCUT2D eigenvalue weighted by molar-refractivity contribution is -0.192. The number of imide groups is 4. The molecular formula is C50H76F3N5O20. The highest BCUT2D eigenvalue weighted by molar-refractivity contribution is 6.14. The van der Waals surface area contributed by atoms with Crippen molar-refractivity contribution in [2.24, 2.45) is 5.73 Å². The van der Waals surface area contributed by atoms with E-state index in [1.54, 1.807) is 0 Å². The van der Waals surface area contributed by atoms with Gasteiger partial charge in [-0.15, -0.1) is 0 Å². The van der Waals surface area contributed by atoms with Crippen LogP contribution in [0.4, 0.5) is 13.2 Å². The predicted octanol–water partition coefficient (Wildman–Crippen LogP) is 1.82. The number of nitrogens with one attached hydrogen (secondary N) is 1. The number of ether oxygens (including phenoxy) is 6. The van der Waals surface area contributed by atoms with Crippen LogP contribution in [0.25, 0.3) is 0 Å². The first kappa shape index (κ1) is 75.4. The summed E-state index contributed by atoms with van der Waals surface area (Å²) in [5.41, 5.74) is 4.31. The first-order valence-corrected chi connectivity index (χ1v) is 23.8. The Bertz CT molecular complexity index is 2020. The number of carbonyl (C=O) groups is 12. The third kappa shape index (κ3) is 41.3. The summed E-state index contributed by atoms with van der Waals surface area (Å²) in [7, 11) is 0. The van der Waals surface area contributed by atoms with E-state index in [4.69, 9.17) is 49.2 Å². The zero-order valence-electron chi connectivity index (χ0n) is 44.3. The second-order valence-electron chi connectivity index (χ2n) is 17.6. The Labute approximate surface area is 451 Å². The van der Waals surface area contributed by atoms with Crippen molar-refractivity contribution >= 4 is 70.9 Å². The van der Waals surface area contributed by atoms with Crippen LogP contribution >= 0.6 is 0 Å². The van der Waals surface area contributed by atoms with Gasteiger partial charge in [0.2, 0.25) is 0 Å². The van der Waals surface area contributed by atoms with E-state index in [0.717, 1.165) is 14.7 Å². The Morgan fingerprint density at radius 1 is 0.513 bits per heavy atom. The number of esters is 2. The van der Waals surface area contributed by atoms with Crippen LogP contribution in [0, 0.1) is 0 Å². The van der Waals surface area contributed by atoms with E-state index in [1.165, 1.54) is 55.5 Å². The fourth-order valence-electron chi connectivity index (χ4n) is 5.18. The molecular weight excluding hydrogens is 1050 g/mol. The summed E-state index contributed by atoms with van der Waals surface area (Å²) in [6.45, 7) is 16.8. The number of carboxylic acid groups (broad SMARTS) is 1. The number of amides is 8. The fraction of sp³-hybridized carbons (Fsp3) is 0.600. The SMILES string of the molecule is C.CC(=O)CCCOCCN1C(=O)C=CC1=O.CC(C)(C)OC(=O)CCCOCCN1C(=O)C=CC1=O.CC(C)(C)OC(=O)CCCOCCO.NCCOCCN1C(=O)C=CC1=O.O=C(O)C(F)(F)F.O=C1C=CC(=O)N1. The number of alkyl halides is 3. The first-order chi connectivity index (χ1) is 35.8. The Morgan fingerprint density at radius 3 is 1.03 bits per heavy atom. The molecule has 442 valence electrons. The summed E-state index contributed by atoms with van der Waals surface area (Å²) in [4.78, 5) is 132. The molecule has 0 radical (unpaired) electrons. The number of halogens is 3. The minimum absolute atomic E-state index is 0. The van der Waals surface area contributed by atoms with Gasteiger partial charge in [0.05, 0.1) is 59.3 Å². The van der Waals surface area contributed by atoms with Crippen molar-refractivity contribution < 1.29 is 109 Å². The molecule has 28 heteroatoms. The Hall–Kier alpha value is -6.85. The van der Waals surface area contributed by atoms with Crippen molar-refractivity contribution in [3.8, 4) is 0 Å². The van der Waals surface area contributed by atoms with Crippen molar-refractivity contribution in [3.63, 3.8) is 0 Å². The van der Waals surface area contributed by atoms with Gasteiger partial charge in [-0.25, -0.2) is 4.79 Å². The van der Waals surface area contributed by atoms with E-state index < -0.39 is 23.3 Å². The van der Waals surface area contributed by atoms with Crippen LogP contribution in [0.3, 0.4) is 0 Å². The number of hydrogen-bond donors (Lipinski definition) is 4. The van der Waals surface area contributed by atoms with Gasteiger partial charge in [0.1, 0.15) is 17.0 Å². The van der Waals surface area contributed by atoms with Gasteiger partial charge in [0, 0.05) is 94.2 Å². The van der Waals surface area contributed by atoms with Crippen LogP contribution in [0.1, 0.15) is 94.4 Å². The highest BCUT2D eigenvalue weighted by Crippen LogP contribution is 2.13. The van der Waals surface area contributed by atoms with Gasteiger partial charge in [-0.1, -0.05) is 7.43 Å². The molecule has 8 amide bonds. The van der Waals surface area contributed by atoms with E-state index >= 15 is 0 Å². The number of Topliss-reactive ketones (excluding diaryl/α,β-unsaturated/α-hetero) is 1. The number of aliphatic hydroxyl groups is 1. The minimum atomic E-state index is -5.08. The number of rotatable bonds is 25. The molecule has 0 saturated heterocycles. The van der Waals surface area contributed by atoms with E-state index in [0.29, 0.717) is 97.9 Å². The molecule has 0 spiro atoms. The number of carbonyl (C=O) groups excluding carboxylic acids is 11. The van der Waals surface area contributed by atoms with Crippen molar-refractivity contribution in [1.29, 1.82) is 0 Å². The summed E-state index contributed by atoms with van der Waals surface area (Å²) in [5, 5.41) is 17.6. The average Bonchev–Trinajstić information content (AvgIpc) is 4.06. The highest BCUT2D eigenvalue weighted by atomic mass is 19.4. The number of ketones is 1. The van der Waals surface area contributed by atoms with E-state index in [9.17, 15) is 65.9 Å². The van der Waals surface area contributed by atoms with Gasteiger partial charge in [0.15, 0.2) is 0 Å². The van der Waals surface area contributed by atoms with Gasteiger partial charge in [0.25, 0.3) is 47.3 Å². The smallest absolute Gasteiger partial charge is 0.475 e. The van der Waals surface area contributed by atoms with E-state index in [1.807, 2.05) is 46.9 Å². The quantitative estimate of drug-likeness (QED) is 0.0575. The molecule has 5 N–H and O–H groups in total. The molecule has 0 aliphatic carbocycles. The molecule has 4 rings (SSSR count). The molecule has 0 aromatic heterocycles. The maximum atomic E-state index is 11.4. The number of nitrogens with zero attached hydrogens (tertiary/aromatic N) is 3. The summed E-state index contributed by atoms with van der Waals surface area (Å²) >= 11 is 0. The lowest BCUT2D eigenvalue weighted by atomic mass is 10.2. The highest BCUT2D eigenvalue weighted by Gasteiger charge is 2.38. The molecule has 0 bridgehead atoms. The summed E-state index contributed by atoms with van der Waals surface area (Å²) in [6, 6.07) is 0. The van der Waals surface area contributed by atoms with Crippen molar-refractivity contribution in [3.05, 3.63) is 48.6 Å². The van der Waals surface area contributed by atoms with Crippen LogP contribution in [0.15, 0.2) is 48.6 Å². The van der Waals surface area contributed by atoms with Crippen LogP contribution in [0.2, 0.25) is 0 Å². The number of aliphatic carboxylic acids is 1. The average molecular weight is 1120 g/mol. The van der Waals surface area contributed by atoms with Crippen LogP contribution < -0.4 is 11.1 Å². The maximum Gasteiger partial charge on any atom is 0.490 e. The van der Waals surface area contributed by atoms with Crippen LogP contribution in [-0.4, -0.2) is 199 Å². The van der Waals surface area contributed by atoms with Crippen molar-refractivity contribution in [2.45, 2.75) is 112 Å². The molecule has 78 heavy (non-hydrogen) atoms. The molecule has 0 atom stereocenters. The third-order valence-corrected chi connectivity index (χ3v) is 8.45. The number of hydrogen-bond acceptors (Lipinski definition) is 20. The standard InChI is InChI=1S/C14H21NO5.C11H15NO4.C10H20O4.C8H12N2O3.C4H3NO2.C2HF3O2.CH4/c1-14(2,3)20-13(18)5-4-9-19-10-8-15-11(16)6-7-12(15)17;1-9(13)3-2-7-16-8-6-12-10(14)4-5-11(12)15;1-10(2,3)14-9(12)5-4-7-13-8-6-11;9-3-5-13-6-4-10-7(11)1-2-8(10)12;6-3-1-2-4(7)5-3;3-2(4,5)1(6)7;/h6-7H,4-5,8-10H2,1-3H3;4-5H,2-3,6-8H2,1H3;11H,4-8H2,1-3H3;1-2H,3-6,9H2;1-2H,(H,5,6,7);(H,6,7);1H4. The lowest BCUT2D eigenvalue weighted by Crippen LogP contribution is -2.33. The largest absolute Gasteiger partial charge is 0.490 e. The minimum Gasteiger partial charge on any atom is -0.475 e. The third-order valence-electron chi connectivity index (χ3n) is 8.45. The number of nitrogens with two attached hydrogens (primary N) is 1. The number of carboxylic acids is 1. The zero-order chi connectivity index (χ0) is 59.2. The Balaban J connectivity index is -0.000000892. The van der Waals surface area contributed by atoms with E-state index in [2.05, 4.69) is 0 Å². The van der Waals surface area contributed by atoms with Crippen LogP contribution in [-0.2, 0) is 86.0 Å². The predicted molar refractivity (Wildman–Crippen MR) is 270 cm³/mol. The molecule has 0 unspecified atom stereocenters. The molecule has 4 aliphatic rings. The molecule has 0 aromatic rings. The first-order valence-electron chi connectivity index (χ1n) is 23.8. The second-order valence-corrected chi connectivity index (χ2v) is 17.6. The zero-order valence-corrected chi connectivity index (χ0v) is 44.3. The Morgan fingerprint density at radius 2 is 0.795 bits per heavy atom. The van der Waals surface area contributed by atoms with Gasteiger partial charge < -0.3 is 49.2 Å². The van der Waals surface area contributed by atoms with Gasteiger partial charge >= 0.3 is 24.1 Å². The van der Waals surface area contributed by atoms with Crippen molar-refractivity contribution in [2.75, 3.05) is 85.6 Å². The number of aliphatic hydroxyl groups excluding tert-OH is 1. The normalized spacial score (nSPS) is 14.2. The van der Waals surface area contributed by atoms with Gasteiger partial charge in [-0.2, -0.15) is 13.2 Å². The monoisotopic (exact) mass is 1120 g/mol. The molecule has 0 fully saturated rings. The molecule has 0 saturated carbocycles.